The van der Waals surface area contributed by atoms with Gasteiger partial charge in [-0.3, -0.25) is 0 Å². The molecule has 0 bridgehead atoms. The monoisotopic (exact) mass is 497 g/mol. The van der Waals surface area contributed by atoms with Gasteiger partial charge in [0.2, 0.25) is 0 Å². The van der Waals surface area contributed by atoms with Crippen LogP contribution < -0.4 is 4.18 Å². The summed E-state index contributed by atoms with van der Waals surface area (Å²) in [6, 6.07) is 32.0. The molecule has 0 atom stereocenters. The lowest BCUT2D eigenvalue weighted by Gasteiger charge is -2.10. The molecule has 168 valence electrons. The van der Waals surface area contributed by atoms with Crippen LogP contribution in [0.5, 0.6) is 5.75 Å². The zero-order chi connectivity index (χ0) is 23.5. The van der Waals surface area contributed by atoms with E-state index in [0.29, 0.717) is 0 Å². The highest BCUT2D eigenvalue weighted by Gasteiger charge is 2.35. The summed E-state index contributed by atoms with van der Waals surface area (Å²) < 4.78 is 55.3. The third kappa shape index (κ3) is 4.98. The van der Waals surface area contributed by atoms with Gasteiger partial charge in [-0.25, -0.2) is 8.42 Å². The van der Waals surface area contributed by atoms with Crippen molar-refractivity contribution in [1.29, 1.82) is 0 Å². The highest BCUT2D eigenvalue weighted by Crippen LogP contribution is 2.32. The van der Waals surface area contributed by atoms with E-state index in [9.17, 15) is 16.8 Å². The quantitative estimate of drug-likeness (QED) is 0.259. The molecule has 0 aromatic heterocycles. The lowest BCUT2D eigenvalue weighted by molar-refractivity contribution is 0.495. The van der Waals surface area contributed by atoms with E-state index >= 15 is 0 Å². The lowest BCUT2D eigenvalue weighted by atomic mass is 10.2. The van der Waals surface area contributed by atoms with Crippen LogP contribution in [0.15, 0.2) is 129 Å². The van der Waals surface area contributed by atoms with E-state index in [4.69, 9.17) is 4.18 Å². The SMILES string of the molecule is Cc1ccc(S(=O)(=O)S(=O)(=O)Oc2ccc([S+](c3ccccc3)c3ccccc3)cc2)cc1. The van der Waals surface area contributed by atoms with E-state index in [-0.39, 0.29) is 10.6 Å². The fourth-order valence-electron chi connectivity index (χ4n) is 3.14. The van der Waals surface area contributed by atoms with E-state index < -0.39 is 28.9 Å². The van der Waals surface area contributed by atoms with Gasteiger partial charge < -0.3 is 4.18 Å². The molecule has 0 heterocycles. The Labute approximate surface area is 196 Å². The van der Waals surface area contributed by atoms with Gasteiger partial charge in [0.1, 0.15) is 5.75 Å². The second-order valence-electron chi connectivity index (χ2n) is 7.16. The molecule has 0 saturated carbocycles. The maximum Gasteiger partial charge on any atom is 0.423 e. The Balaban J connectivity index is 1.64. The van der Waals surface area contributed by atoms with Crippen LogP contribution in [0.3, 0.4) is 0 Å². The summed E-state index contributed by atoms with van der Waals surface area (Å²) in [4.78, 5) is 2.82. The van der Waals surface area contributed by atoms with Crippen molar-refractivity contribution in [2.24, 2.45) is 0 Å². The molecule has 0 aliphatic carbocycles. The van der Waals surface area contributed by atoms with Crippen LogP contribution in [-0.4, -0.2) is 16.8 Å². The van der Waals surface area contributed by atoms with Crippen molar-refractivity contribution < 1.29 is 21.0 Å². The third-order valence-electron chi connectivity index (χ3n) is 4.79. The first-order valence-corrected chi connectivity index (χ1v) is 14.6. The predicted octanol–water partition coefficient (Wildman–Crippen LogP) is 5.19. The van der Waals surface area contributed by atoms with Crippen LogP contribution in [0.2, 0.25) is 0 Å². The number of aryl methyl sites for hydroxylation is 1. The zero-order valence-electron chi connectivity index (χ0n) is 17.7. The summed E-state index contributed by atoms with van der Waals surface area (Å²) in [5, 5.41) is 0. The van der Waals surface area contributed by atoms with E-state index in [1.165, 1.54) is 36.4 Å². The largest absolute Gasteiger partial charge is 0.423 e. The molecule has 0 aliphatic heterocycles. The second-order valence-corrected chi connectivity index (χ2v) is 14.1. The summed E-state index contributed by atoms with van der Waals surface area (Å²) in [7, 11) is -10.1. The normalized spacial score (nSPS) is 11.9. The van der Waals surface area contributed by atoms with E-state index in [1.807, 2.05) is 60.7 Å². The number of hydrogen-bond donors (Lipinski definition) is 0. The first kappa shape index (κ1) is 23.1. The van der Waals surface area contributed by atoms with Crippen LogP contribution in [0.4, 0.5) is 0 Å². The van der Waals surface area contributed by atoms with Gasteiger partial charge in [0.15, 0.2) is 14.7 Å². The average Bonchev–Trinajstić information content (AvgIpc) is 2.82. The van der Waals surface area contributed by atoms with Crippen LogP contribution in [-0.2, 0) is 28.9 Å². The molecule has 4 aromatic carbocycles. The minimum Gasteiger partial charge on any atom is -0.371 e. The topological polar surface area (TPSA) is 77.5 Å². The molecule has 0 aliphatic rings. The molecule has 0 saturated heterocycles. The Morgan fingerprint density at radius 1 is 0.576 bits per heavy atom. The Hall–Kier alpha value is -3.07. The molecule has 4 aromatic rings. The zero-order valence-corrected chi connectivity index (χ0v) is 20.1. The van der Waals surface area contributed by atoms with Crippen LogP contribution in [0, 0.1) is 6.92 Å². The van der Waals surface area contributed by atoms with Crippen molar-refractivity contribution in [2.45, 2.75) is 26.5 Å². The highest BCUT2D eigenvalue weighted by atomic mass is 33.2. The lowest BCUT2D eigenvalue weighted by Crippen LogP contribution is -2.21. The smallest absolute Gasteiger partial charge is 0.371 e. The van der Waals surface area contributed by atoms with Crippen LogP contribution in [0.25, 0.3) is 0 Å². The molecule has 33 heavy (non-hydrogen) atoms. The maximum absolute atomic E-state index is 12.6. The van der Waals surface area contributed by atoms with E-state index in [2.05, 4.69) is 0 Å². The second kappa shape index (κ2) is 9.43. The fraction of sp³-hybridized carbons (Fsp3) is 0.0400. The molecular weight excluding hydrogens is 476 g/mol. The molecule has 4 rings (SSSR count). The van der Waals surface area contributed by atoms with Crippen molar-refractivity contribution in [3.63, 3.8) is 0 Å². The Bertz CT molecular complexity index is 1390. The van der Waals surface area contributed by atoms with Crippen LogP contribution >= 0.6 is 0 Å². The number of rotatable bonds is 7. The fourth-order valence-corrected chi connectivity index (χ4v) is 7.91. The maximum atomic E-state index is 12.6. The number of benzene rings is 4. The summed E-state index contributed by atoms with van der Waals surface area (Å²) >= 11 is 0. The molecule has 0 unspecified atom stereocenters. The Morgan fingerprint density at radius 2 is 1.03 bits per heavy atom. The van der Waals surface area contributed by atoms with Gasteiger partial charge >= 0.3 is 18.0 Å². The van der Waals surface area contributed by atoms with Gasteiger partial charge in [-0.15, -0.1) is 0 Å². The average molecular weight is 498 g/mol. The van der Waals surface area contributed by atoms with Gasteiger partial charge in [-0.05, 0) is 67.6 Å². The minimum absolute atomic E-state index is 0.0703. The predicted molar refractivity (Wildman–Crippen MR) is 129 cm³/mol. The molecule has 5 nitrogen and oxygen atoms in total. The van der Waals surface area contributed by atoms with E-state index in [0.717, 1.165) is 20.2 Å². The van der Waals surface area contributed by atoms with Gasteiger partial charge in [-0.1, -0.05) is 54.1 Å². The standard InChI is InChI=1S/C25H21O5S3/c1-20-12-18-25(19-13-20)32(26,27)33(28,29)30-21-14-16-24(17-15-21)31(22-8-4-2-5-9-22)23-10-6-3-7-11-23/h2-19H,1H3/q+1. The summed E-state index contributed by atoms with van der Waals surface area (Å²) in [6.45, 7) is 1.78. The van der Waals surface area contributed by atoms with Gasteiger partial charge in [0, 0.05) is 0 Å². The Kier molecular flexibility index (Phi) is 6.60. The third-order valence-corrected chi connectivity index (χ3v) is 11.2. The molecule has 0 N–H and O–H groups in total. The molecule has 0 amide bonds. The van der Waals surface area contributed by atoms with E-state index in [1.54, 1.807) is 19.1 Å². The van der Waals surface area contributed by atoms with Crippen LogP contribution in [0.1, 0.15) is 5.56 Å². The minimum atomic E-state index is -4.94. The molecule has 0 radical (unpaired) electrons. The highest BCUT2D eigenvalue weighted by molar-refractivity contribution is 8.65. The van der Waals surface area contributed by atoms with Gasteiger partial charge in [0.05, 0.1) is 15.8 Å². The molecule has 0 fully saturated rings. The number of hydrogen-bond acceptors (Lipinski definition) is 5. The van der Waals surface area contributed by atoms with Crippen molar-refractivity contribution in [1.82, 2.24) is 0 Å². The molecule has 8 heteroatoms. The van der Waals surface area contributed by atoms with Crippen molar-refractivity contribution in [3.05, 3.63) is 115 Å². The molecule has 0 spiro atoms. The summed E-state index contributed by atoms with van der Waals surface area (Å²) in [5.41, 5.74) is 0.815. The van der Waals surface area contributed by atoms with Crippen molar-refractivity contribution in [2.75, 3.05) is 0 Å². The van der Waals surface area contributed by atoms with Crippen molar-refractivity contribution >= 4 is 28.9 Å². The Morgan fingerprint density at radius 3 is 1.52 bits per heavy atom. The van der Waals surface area contributed by atoms with Gasteiger partial charge in [0.25, 0.3) is 0 Å². The summed E-state index contributed by atoms with van der Waals surface area (Å²) in [6.07, 6.45) is 0. The van der Waals surface area contributed by atoms with Crippen molar-refractivity contribution in [3.8, 4) is 5.75 Å². The first-order chi connectivity index (χ1) is 15.8. The van der Waals surface area contributed by atoms with Gasteiger partial charge in [-0.2, -0.15) is 8.42 Å². The summed E-state index contributed by atoms with van der Waals surface area (Å²) in [5.74, 6) is -0.0703. The molecular formula is C25H21O5S3+. The first-order valence-electron chi connectivity index (χ1n) is 9.98.